The summed E-state index contributed by atoms with van der Waals surface area (Å²) in [7, 11) is 0.0577. The summed E-state index contributed by atoms with van der Waals surface area (Å²) in [4.78, 5) is 1.29. The van der Waals surface area contributed by atoms with Crippen LogP contribution in [-0.2, 0) is 24.2 Å². The Labute approximate surface area is 160 Å². The monoisotopic (exact) mass is 427 g/mol. The maximum absolute atomic E-state index is 6.36. The minimum absolute atomic E-state index is 0.0577. The molecule has 1 atom stereocenters. The fraction of sp³-hybridized carbons (Fsp3) is 0.333. The number of rotatable bonds is 3. The molecule has 0 aromatic carbocycles. The van der Waals surface area contributed by atoms with Gasteiger partial charge in [-0.2, -0.15) is 5.57 Å². The molecule has 0 amide bonds. The zero-order valence-corrected chi connectivity index (χ0v) is 17.9. The standard InChI is InChI=1S/C15H13Cl2S.C3H6.Zr/c1-2-7-18-9-11(10-5-3-4-6-10)14-13(18)8-12(16)15(14)17;1-3-2;/h3-5,8H,2,6-7H2,1H3;1-2H3;/q-1;;. The molecule has 0 saturated carbocycles. The van der Waals surface area contributed by atoms with Crippen molar-refractivity contribution in [1.29, 1.82) is 0 Å². The van der Waals surface area contributed by atoms with Gasteiger partial charge in [0.1, 0.15) is 0 Å². The second-order valence-corrected chi connectivity index (χ2v) is 10.5. The molecule has 116 valence electrons. The van der Waals surface area contributed by atoms with Crippen LogP contribution in [0.15, 0.2) is 56.0 Å². The van der Waals surface area contributed by atoms with E-state index in [1.54, 1.807) is 24.2 Å². The third-order valence-electron chi connectivity index (χ3n) is 3.17. The molecule has 0 spiro atoms. The van der Waals surface area contributed by atoms with Gasteiger partial charge in [0.25, 0.3) is 0 Å². The van der Waals surface area contributed by atoms with Gasteiger partial charge in [-0.1, -0.05) is 59.2 Å². The molecule has 1 aliphatic heterocycles. The Kier molecular flexibility index (Phi) is 7.08. The average molecular weight is 430 g/mol. The van der Waals surface area contributed by atoms with Crippen LogP contribution in [0.3, 0.4) is 0 Å². The molecule has 0 aromatic heterocycles. The van der Waals surface area contributed by atoms with E-state index in [0.29, 0.717) is 10.1 Å². The molecular weight excluding hydrogens is 410 g/mol. The van der Waals surface area contributed by atoms with Crippen molar-refractivity contribution in [2.24, 2.45) is 0 Å². The third-order valence-corrected chi connectivity index (χ3v) is 6.08. The third kappa shape index (κ3) is 4.21. The summed E-state index contributed by atoms with van der Waals surface area (Å²) >= 11 is 14.1. The van der Waals surface area contributed by atoms with Gasteiger partial charge in [0.2, 0.25) is 0 Å². The van der Waals surface area contributed by atoms with Crippen LogP contribution in [0.4, 0.5) is 0 Å². The number of hydrogen-bond donors (Lipinski definition) is 0. The van der Waals surface area contributed by atoms with Gasteiger partial charge in [-0.25, -0.2) is 10.5 Å². The quantitative estimate of drug-likeness (QED) is 0.389. The first-order valence-corrected chi connectivity index (χ1v) is 10.7. The molecule has 0 fully saturated rings. The Morgan fingerprint density at radius 2 is 2.05 bits per heavy atom. The van der Waals surface area contributed by atoms with E-state index in [1.165, 1.54) is 19.3 Å². The Balaban J connectivity index is 0.000000396. The summed E-state index contributed by atoms with van der Waals surface area (Å²) in [5.74, 6) is 1.13. The average Bonchev–Trinajstić information content (AvgIpc) is 3.11. The first kappa shape index (κ1) is 18.6. The second-order valence-electron chi connectivity index (χ2n) is 5.44. The van der Waals surface area contributed by atoms with Gasteiger partial charge in [-0.15, -0.1) is 17.0 Å². The summed E-state index contributed by atoms with van der Waals surface area (Å²) in [6.45, 7) is 6.45. The predicted molar refractivity (Wildman–Crippen MR) is 99.8 cm³/mol. The van der Waals surface area contributed by atoms with Crippen LogP contribution < -0.4 is 0 Å². The van der Waals surface area contributed by atoms with E-state index < -0.39 is 0 Å². The van der Waals surface area contributed by atoms with E-state index >= 15 is 0 Å². The zero-order chi connectivity index (χ0) is 16.3. The SMILES string of the molecule is CCCS1=[C-]C(C2=CC=CC2)=C2C1=CC(Cl)=C2Cl.C[C](C)=[Zr]. The van der Waals surface area contributed by atoms with E-state index in [9.17, 15) is 0 Å². The summed E-state index contributed by atoms with van der Waals surface area (Å²) in [5.41, 5.74) is 3.63. The summed E-state index contributed by atoms with van der Waals surface area (Å²) in [5, 5.41) is 5.02. The van der Waals surface area contributed by atoms with Gasteiger partial charge in [-0.05, 0) is 18.2 Å². The summed E-state index contributed by atoms with van der Waals surface area (Å²) in [6.07, 6.45) is 10.6. The first-order chi connectivity index (χ1) is 10.5. The van der Waals surface area contributed by atoms with Gasteiger partial charge in [-0.3, -0.25) is 0 Å². The molecule has 0 N–H and O–H groups in total. The van der Waals surface area contributed by atoms with Crippen molar-refractivity contribution >= 4 is 42.3 Å². The van der Waals surface area contributed by atoms with Crippen molar-refractivity contribution in [3.8, 4) is 0 Å². The zero-order valence-electron chi connectivity index (χ0n) is 13.1. The van der Waals surface area contributed by atoms with Crippen molar-refractivity contribution in [3.05, 3.63) is 56.0 Å². The fourth-order valence-corrected chi connectivity index (χ4v) is 4.96. The minimum atomic E-state index is 0.0577. The summed E-state index contributed by atoms with van der Waals surface area (Å²) in [6, 6.07) is 0. The van der Waals surface area contributed by atoms with Gasteiger partial charge in [0, 0.05) is 10.1 Å². The maximum atomic E-state index is 6.36. The van der Waals surface area contributed by atoms with Crippen LogP contribution in [0.5, 0.6) is 0 Å². The number of allylic oxidation sites excluding steroid dienone is 9. The summed E-state index contributed by atoms with van der Waals surface area (Å²) < 4.78 is 1.51. The molecule has 0 aromatic rings. The molecule has 22 heavy (non-hydrogen) atoms. The Morgan fingerprint density at radius 1 is 1.36 bits per heavy atom. The number of hydrogen-bond acceptors (Lipinski definition) is 0. The Bertz CT molecular complexity index is 684. The van der Waals surface area contributed by atoms with Crippen molar-refractivity contribution < 1.29 is 24.2 Å². The van der Waals surface area contributed by atoms with Crippen LogP contribution in [0, 0.1) is 0 Å². The molecule has 1 heterocycles. The molecule has 3 aliphatic rings. The molecule has 4 heteroatoms. The van der Waals surface area contributed by atoms with Crippen molar-refractivity contribution in [1.82, 2.24) is 0 Å². The Hall–Kier alpha value is 0.253. The predicted octanol–water partition coefficient (Wildman–Crippen LogP) is 5.87. The molecular formula is C18H19Cl2SZr-. The van der Waals surface area contributed by atoms with E-state index in [-0.39, 0.29) is 10.5 Å². The fourth-order valence-electron chi connectivity index (χ4n) is 2.36. The van der Waals surface area contributed by atoms with Crippen molar-refractivity contribution in [2.75, 3.05) is 5.75 Å². The number of fused-ring (bicyclic) bond motifs is 1. The Morgan fingerprint density at radius 3 is 2.59 bits per heavy atom. The van der Waals surface area contributed by atoms with Gasteiger partial charge in [0.05, 0.1) is 0 Å². The molecule has 0 radical (unpaired) electrons. The normalized spacial score (nSPS) is 22.1. The molecule has 0 saturated heterocycles. The van der Waals surface area contributed by atoms with Crippen molar-refractivity contribution in [2.45, 2.75) is 33.6 Å². The van der Waals surface area contributed by atoms with Gasteiger partial charge >= 0.3 is 41.3 Å². The number of halogens is 2. The molecule has 2 aliphatic carbocycles. The van der Waals surface area contributed by atoms with Gasteiger partial charge < -0.3 is 0 Å². The van der Waals surface area contributed by atoms with Crippen LogP contribution in [-0.4, -0.2) is 14.3 Å². The van der Waals surface area contributed by atoms with Crippen LogP contribution in [0.25, 0.3) is 0 Å². The van der Waals surface area contributed by atoms with E-state index in [2.05, 4.69) is 44.4 Å². The van der Waals surface area contributed by atoms with Gasteiger partial charge in [0.15, 0.2) is 0 Å². The first-order valence-electron chi connectivity index (χ1n) is 7.33. The van der Waals surface area contributed by atoms with E-state index in [0.717, 1.165) is 24.2 Å². The molecule has 0 nitrogen and oxygen atoms in total. The van der Waals surface area contributed by atoms with Crippen LogP contribution in [0.2, 0.25) is 0 Å². The molecule has 1 unspecified atom stereocenters. The topological polar surface area (TPSA) is 0 Å². The van der Waals surface area contributed by atoms with E-state index in [4.69, 9.17) is 23.2 Å². The molecule has 3 rings (SSSR count). The molecule has 0 bridgehead atoms. The van der Waals surface area contributed by atoms with Crippen molar-refractivity contribution in [3.63, 3.8) is 0 Å². The van der Waals surface area contributed by atoms with E-state index in [1.807, 2.05) is 6.08 Å². The second kappa shape index (κ2) is 8.38. The van der Waals surface area contributed by atoms with Crippen LogP contribution in [0.1, 0.15) is 33.6 Å². The van der Waals surface area contributed by atoms with Crippen LogP contribution >= 0.6 is 33.7 Å².